The van der Waals surface area contributed by atoms with Crippen LogP contribution in [0.3, 0.4) is 0 Å². The van der Waals surface area contributed by atoms with E-state index >= 15 is 0 Å². The molecular formula is BaMgO4Ti. The minimum atomic E-state index is -6.00. The molecule has 0 saturated heterocycles. The molecule has 0 radical (unpaired) electrons. The summed E-state index contributed by atoms with van der Waals surface area (Å²) in [6, 6.07) is 0. The molecular weight excluding hydrogens is 273 g/mol. The Morgan fingerprint density at radius 2 is 0.857 bits per heavy atom. The summed E-state index contributed by atoms with van der Waals surface area (Å²) in [5.74, 6) is 0. The van der Waals surface area contributed by atoms with Crippen molar-refractivity contribution in [1.29, 1.82) is 0 Å². The van der Waals surface area contributed by atoms with Gasteiger partial charge in [-0.1, -0.05) is 0 Å². The Kier molecular flexibility index (Phi) is 16.5. The SMILES string of the molecule is [Ba+2].[Mg+2].[O-][Ti]([O-])([O-])[O-]. The molecule has 0 spiro atoms. The van der Waals surface area contributed by atoms with Crippen molar-refractivity contribution in [2.24, 2.45) is 0 Å². The van der Waals surface area contributed by atoms with Crippen molar-refractivity contribution in [2.45, 2.75) is 0 Å². The topological polar surface area (TPSA) is 92.2 Å². The van der Waals surface area contributed by atoms with E-state index in [0.29, 0.717) is 0 Å². The Bertz CT molecular complexity index is 27.2. The third kappa shape index (κ3) is 50.5. The number of hydrogen-bond donors (Lipinski definition) is 0. The van der Waals surface area contributed by atoms with E-state index in [4.69, 9.17) is 14.8 Å². The van der Waals surface area contributed by atoms with Crippen LogP contribution >= 0.6 is 0 Å². The molecule has 0 aromatic carbocycles. The van der Waals surface area contributed by atoms with Crippen molar-refractivity contribution in [1.82, 2.24) is 0 Å². The van der Waals surface area contributed by atoms with Crippen LogP contribution in [0.4, 0.5) is 0 Å². The van der Waals surface area contributed by atoms with Crippen molar-refractivity contribution in [3.05, 3.63) is 0 Å². The van der Waals surface area contributed by atoms with Crippen molar-refractivity contribution in [3.63, 3.8) is 0 Å². The molecule has 0 amide bonds. The van der Waals surface area contributed by atoms with E-state index in [1.807, 2.05) is 0 Å². The van der Waals surface area contributed by atoms with Crippen molar-refractivity contribution in [3.8, 4) is 0 Å². The maximum absolute atomic E-state index is 8.62. The second-order valence-electron chi connectivity index (χ2n) is 0.500. The van der Waals surface area contributed by atoms with Gasteiger partial charge >= 0.3 is 105 Å². The zero-order valence-corrected chi connectivity index (χ0v) is 11.0. The van der Waals surface area contributed by atoms with Gasteiger partial charge in [-0.15, -0.1) is 0 Å². The second kappa shape index (κ2) is 7.00. The van der Waals surface area contributed by atoms with Crippen LogP contribution in [0.5, 0.6) is 0 Å². The summed E-state index contributed by atoms with van der Waals surface area (Å²) in [6.45, 7) is 0. The average molecular weight is 273 g/mol. The van der Waals surface area contributed by atoms with Gasteiger partial charge in [0.05, 0.1) is 0 Å². The first-order valence-electron chi connectivity index (χ1n) is 0.816. The summed E-state index contributed by atoms with van der Waals surface area (Å²) < 4.78 is 34.5. The molecule has 0 aromatic heterocycles. The van der Waals surface area contributed by atoms with Crippen LogP contribution in [-0.4, -0.2) is 71.9 Å². The monoisotopic (exact) mass is 274 g/mol. The van der Waals surface area contributed by atoms with E-state index < -0.39 is 18.1 Å². The zero-order valence-electron chi connectivity index (χ0n) is 3.55. The Morgan fingerprint density at radius 3 is 0.857 bits per heavy atom. The fraction of sp³-hybridized carbons (Fsp3) is 0. The summed E-state index contributed by atoms with van der Waals surface area (Å²) >= 11 is -6.00. The zero-order chi connectivity index (χ0) is 4.50. The first-order valence-corrected chi connectivity index (χ1v) is 3.37. The first-order chi connectivity index (χ1) is 2.00. The van der Waals surface area contributed by atoms with E-state index in [1.165, 1.54) is 0 Å². The molecule has 0 rings (SSSR count). The van der Waals surface area contributed by atoms with E-state index in [-0.39, 0.29) is 71.9 Å². The molecule has 4 nitrogen and oxygen atoms in total. The van der Waals surface area contributed by atoms with Crippen LogP contribution in [-0.2, 0) is 18.1 Å². The molecule has 0 aromatic rings. The van der Waals surface area contributed by atoms with Gasteiger partial charge in [-0.25, -0.2) is 0 Å². The van der Waals surface area contributed by atoms with Crippen LogP contribution in [0, 0.1) is 0 Å². The van der Waals surface area contributed by atoms with E-state index in [0.717, 1.165) is 0 Å². The Labute approximate surface area is 102 Å². The van der Waals surface area contributed by atoms with Gasteiger partial charge in [-0.3, -0.25) is 0 Å². The van der Waals surface area contributed by atoms with E-state index in [1.54, 1.807) is 0 Å². The van der Waals surface area contributed by atoms with Gasteiger partial charge in [0.25, 0.3) is 0 Å². The molecule has 0 aliphatic carbocycles. The van der Waals surface area contributed by atoms with Gasteiger partial charge in [-0.05, 0) is 0 Å². The van der Waals surface area contributed by atoms with Crippen LogP contribution in [0.15, 0.2) is 0 Å². The summed E-state index contributed by atoms with van der Waals surface area (Å²) in [4.78, 5) is 0. The van der Waals surface area contributed by atoms with E-state index in [2.05, 4.69) is 0 Å². The van der Waals surface area contributed by atoms with Gasteiger partial charge < -0.3 is 0 Å². The van der Waals surface area contributed by atoms with Gasteiger partial charge in [0.1, 0.15) is 0 Å². The Morgan fingerprint density at radius 1 is 0.857 bits per heavy atom. The molecule has 0 unspecified atom stereocenters. The van der Waals surface area contributed by atoms with Crippen LogP contribution in [0.2, 0.25) is 0 Å². The Hall–Kier alpha value is 2.89. The third-order valence-electron chi connectivity index (χ3n) is 0. The molecule has 0 bridgehead atoms. The molecule has 0 saturated carbocycles. The number of hydrogen-bond acceptors (Lipinski definition) is 4. The van der Waals surface area contributed by atoms with Crippen LogP contribution < -0.4 is 14.8 Å². The maximum atomic E-state index is 8.62. The van der Waals surface area contributed by atoms with Gasteiger partial charge in [0.15, 0.2) is 0 Å². The second-order valence-corrected chi connectivity index (χ2v) is 2.06. The normalized spacial score (nSPS) is 8.57. The molecule has 0 N–H and O–H groups in total. The summed E-state index contributed by atoms with van der Waals surface area (Å²) in [5.41, 5.74) is 0. The summed E-state index contributed by atoms with van der Waals surface area (Å²) in [7, 11) is 0. The Balaban J connectivity index is -0.0000000800. The molecule has 32 valence electrons. The quantitative estimate of drug-likeness (QED) is 0.412. The summed E-state index contributed by atoms with van der Waals surface area (Å²) in [5, 5.41) is 0. The number of rotatable bonds is 0. The van der Waals surface area contributed by atoms with Crippen molar-refractivity contribution in [2.75, 3.05) is 0 Å². The van der Waals surface area contributed by atoms with Crippen LogP contribution in [0.25, 0.3) is 0 Å². The van der Waals surface area contributed by atoms with Crippen molar-refractivity contribution < 1.29 is 32.9 Å². The average Bonchev–Trinajstić information content (AvgIpc) is 0.722. The fourth-order valence-corrected chi connectivity index (χ4v) is 0. The van der Waals surface area contributed by atoms with Gasteiger partial charge in [0.2, 0.25) is 0 Å². The summed E-state index contributed by atoms with van der Waals surface area (Å²) in [6.07, 6.45) is 0. The predicted octanol–water partition coefficient (Wildman–Crippen LogP) is -5.52. The molecule has 7 heteroatoms. The van der Waals surface area contributed by atoms with Crippen molar-refractivity contribution >= 4 is 71.9 Å². The molecule has 7 heavy (non-hydrogen) atoms. The molecule has 0 aliphatic rings. The third-order valence-corrected chi connectivity index (χ3v) is 0. The first kappa shape index (κ1) is 16.5. The predicted molar refractivity (Wildman–Crippen MR) is 11.5 cm³/mol. The minimum absolute atomic E-state index is 0. The van der Waals surface area contributed by atoms with Crippen LogP contribution in [0.1, 0.15) is 0 Å². The molecule has 0 heterocycles. The fourth-order valence-electron chi connectivity index (χ4n) is 0. The van der Waals surface area contributed by atoms with E-state index in [9.17, 15) is 0 Å². The standard InChI is InChI=1S/Ba.Mg.4O.Ti/q2*+2;4*-1;. The van der Waals surface area contributed by atoms with Gasteiger partial charge in [0, 0.05) is 0 Å². The molecule has 0 aliphatic heterocycles. The molecule has 0 fully saturated rings. The molecule has 0 atom stereocenters. The van der Waals surface area contributed by atoms with Gasteiger partial charge in [-0.2, -0.15) is 0 Å².